The molecular weight excluding hydrogens is 292 g/mol. The normalized spacial score (nSPS) is 11.2. The van der Waals surface area contributed by atoms with Crippen LogP contribution in [0.5, 0.6) is 0 Å². The second-order valence-electron chi connectivity index (χ2n) is 5.13. The molecule has 0 bridgehead atoms. The highest BCUT2D eigenvalue weighted by Gasteiger charge is 2.15. The fourth-order valence-electron chi connectivity index (χ4n) is 2.56. The lowest BCUT2D eigenvalue weighted by Crippen LogP contribution is -1.90. The van der Waals surface area contributed by atoms with Crippen LogP contribution in [0.4, 0.5) is 0 Å². The van der Waals surface area contributed by atoms with Crippen molar-refractivity contribution in [1.82, 2.24) is 19.4 Å². The molecule has 0 unspecified atom stereocenters. The molecule has 0 saturated carbocycles. The number of nitrogens with zero attached hydrogens (tertiary/aromatic N) is 4. The van der Waals surface area contributed by atoms with Gasteiger partial charge in [0.2, 0.25) is 0 Å². The van der Waals surface area contributed by atoms with E-state index in [0.717, 1.165) is 38.9 Å². The van der Waals surface area contributed by atoms with Crippen molar-refractivity contribution in [2.24, 2.45) is 0 Å². The molecule has 0 atom stereocenters. The average molecular weight is 305 g/mol. The van der Waals surface area contributed by atoms with Crippen molar-refractivity contribution in [3.05, 3.63) is 59.5 Å². The molecule has 0 N–H and O–H groups in total. The number of rotatable bonds is 2. The Balaban J connectivity index is 1.88. The third-order valence-corrected chi connectivity index (χ3v) is 4.49. The standard InChI is InChI=1S/C17H13N4S/c1-11-6-7-18-9-13(11)17-20-14(10-22-17)16-12(2)19-15-5-3-4-8-21(15)16/h3-8,10H,1-2H3. The monoisotopic (exact) mass is 305 g/mol. The van der Waals surface area contributed by atoms with Gasteiger partial charge in [-0.1, -0.05) is 6.07 Å². The predicted octanol–water partition coefficient (Wildman–Crippen LogP) is 3.94. The van der Waals surface area contributed by atoms with E-state index in [1.165, 1.54) is 0 Å². The maximum absolute atomic E-state index is 4.78. The first-order valence-corrected chi connectivity index (χ1v) is 7.85. The lowest BCUT2D eigenvalue weighted by Gasteiger charge is -2.00. The van der Waals surface area contributed by atoms with Crippen LogP contribution in [0, 0.1) is 20.0 Å². The largest absolute Gasteiger partial charge is 0.298 e. The van der Waals surface area contributed by atoms with Gasteiger partial charge in [-0.15, -0.1) is 11.3 Å². The molecule has 0 saturated heterocycles. The number of imidazole rings is 1. The molecular formula is C17H13N4S. The fraction of sp³-hybridized carbons (Fsp3) is 0.118. The average Bonchev–Trinajstić information content (AvgIpc) is 3.10. The Bertz CT molecular complexity index is 968. The summed E-state index contributed by atoms with van der Waals surface area (Å²) in [5.41, 5.74) is 5.99. The van der Waals surface area contributed by atoms with Gasteiger partial charge in [-0.25, -0.2) is 9.97 Å². The van der Waals surface area contributed by atoms with Gasteiger partial charge in [0.15, 0.2) is 0 Å². The second-order valence-corrected chi connectivity index (χ2v) is 5.99. The van der Waals surface area contributed by atoms with Gasteiger partial charge in [0.05, 0.1) is 17.6 Å². The van der Waals surface area contributed by atoms with Crippen molar-refractivity contribution in [1.29, 1.82) is 0 Å². The first-order valence-electron chi connectivity index (χ1n) is 6.97. The first-order chi connectivity index (χ1) is 10.7. The van der Waals surface area contributed by atoms with Crippen LogP contribution in [0.2, 0.25) is 0 Å². The zero-order valence-electron chi connectivity index (χ0n) is 12.2. The van der Waals surface area contributed by atoms with Crippen molar-refractivity contribution in [2.45, 2.75) is 13.8 Å². The third-order valence-electron chi connectivity index (χ3n) is 3.63. The number of aryl methyl sites for hydroxylation is 2. The van der Waals surface area contributed by atoms with Crippen LogP contribution in [0.15, 0.2) is 42.0 Å². The molecule has 0 aromatic carbocycles. The summed E-state index contributed by atoms with van der Waals surface area (Å²) in [5.74, 6) is 0. The van der Waals surface area contributed by atoms with Crippen molar-refractivity contribution in [2.75, 3.05) is 0 Å². The van der Waals surface area contributed by atoms with Crippen LogP contribution in [-0.2, 0) is 0 Å². The van der Waals surface area contributed by atoms with E-state index in [0.29, 0.717) is 0 Å². The van der Waals surface area contributed by atoms with Crippen molar-refractivity contribution in [3.8, 4) is 22.0 Å². The molecule has 0 spiro atoms. The van der Waals surface area contributed by atoms with Crippen LogP contribution in [0.1, 0.15) is 11.3 Å². The van der Waals surface area contributed by atoms with E-state index < -0.39 is 0 Å². The summed E-state index contributed by atoms with van der Waals surface area (Å²) in [7, 11) is 0. The minimum Gasteiger partial charge on any atom is -0.298 e. The van der Waals surface area contributed by atoms with Crippen molar-refractivity contribution < 1.29 is 0 Å². The van der Waals surface area contributed by atoms with Gasteiger partial charge in [-0.3, -0.25) is 9.38 Å². The number of fused-ring (bicyclic) bond motifs is 1. The summed E-state index contributed by atoms with van der Waals surface area (Å²) in [6.07, 6.45) is 6.81. The van der Waals surface area contributed by atoms with E-state index in [1.807, 2.05) is 44.3 Å². The molecule has 4 aromatic rings. The van der Waals surface area contributed by atoms with E-state index in [9.17, 15) is 0 Å². The van der Waals surface area contributed by atoms with Crippen LogP contribution in [0.25, 0.3) is 27.6 Å². The maximum Gasteiger partial charge on any atom is 0.137 e. The molecule has 0 amide bonds. The van der Waals surface area contributed by atoms with Crippen molar-refractivity contribution >= 4 is 17.0 Å². The molecule has 4 rings (SSSR count). The number of thiazole rings is 1. The van der Waals surface area contributed by atoms with Gasteiger partial charge in [0.1, 0.15) is 16.3 Å². The number of hydrogen-bond donors (Lipinski definition) is 0. The molecule has 4 nitrogen and oxygen atoms in total. The van der Waals surface area contributed by atoms with Gasteiger partial charge >= 0.3 is 0 Å². The van der Waals surface area contributed by atoms with Crippen LogP contribution >= 0.6 is 11.3 Å². The Morgan fingerprint density at radius 3 is 2.91 bits per heavy atom. The lowest BCUT2D eigenvalue weighted by atomic mass is 10.2. The van der Waals surface area contributed by atoms with Crippen LogP contribution in [0.3, 0.4) is 0 Å². The molecule has 4 aromatic heterocycles. The summed E-state index contributed by atoms with van der Waals surface area (Å²) in [6.45, 7) is 4.07. The predicted molar refractivity (Wildman–Crippen MR) is 87.8 cm³/mol. The Morgan fingerprint density at radius 1 is 1.14 bits per heavy atom. The summed E-state index contributed by atoms with van der Waals surface area (Å²) in [4.78, 5) is 13.5. The molecule has 4 heterocycles. The minimum atomic E-state index is 0.936. The van der Waals surface area contributed by atoms with E-state index in [4.69, 9.17) is 4.98 Å². The van der Waals surface area contributed by atoms with Gasteiger partial charge in [-0.05, 0) is 37.6 Å². The highest BCUT2D eigenvalue weighted by atomic mass is 32.1. The quantitative estimate of drug-likeness (QED) is 0.563. The molecule has 0 aliphatic heterocycles. The van der Waals surface area contributed by atoms with Crippen LogP contribution < -0.4 is 0 Å². The smallest absolute Gasteiger partial charge is 0.137 e. The number of aromatic nitrogens is 4. The maximum atomic E-state index is 4.78. The first kappa shape index (κ1) is 13.2. The molecule has 0 fully saturated rings. The lowest BCUT2D eigenvalue weighted by molar-refractivity contribution is 1.17. The summed E-state index contributed by atoms with van der Waals surface area (Å²) in [5, 5.41) is 3.00. The third kappa shape index (κ3) is 2.02. The van der Waals surface area contributed by atoms with E-state index >= 15 is 0 Å². The Morgan fingerprint density at radius 2 is 2.05 bits per heavy atom. The number of pyridine rings is 2. The van der Waals surface area contributed by atoms with Crippen LogP contribution in [-0.4, -0.2) is 19.4 Å². The minimum absolute atomic E-state index is 0.936. The van der Waals surface area contributed by atoms with Crippen molar-refractivity contribution in [3.63, 3.8) is 0 Å². The van der Waals surface area contributed by atoms with Gasteiger partial charge < -0.3 is 0 Å². The summed E-state index contributed by atoms with van der Waals surface area (Å²) >= 11 is 1.61. The highest BCUT2D eigenvalue weighted by molar-refractivity contribution is 7.13. The molecule has 5 heteroatoms. The fourth-order valence-corrected chi connectivity index (χ4v) is 3.42. The Labute approximate surface area is 132 Å². The zero-order chi connectivity index (χ0) is 15.1. The Kier molecular flexibility index (Phi) is 3.01. The molecule has 0 aliphatic rings. The van der Waals surface area contributed by atoms with Gasteiger partial charge in [-0.2, -0.15) is 0 Å². The van der Waals surface area contributed by atoms with E-state index in [1.54, 1.807) is 17.5 Å². The summed E-state index contributed by atoms with van der Waals surface area (Å²) < 4.78 is 2.08. The highest BCUT2D eigenvalue weighted by Crippen LogP contribution is 2.31. The molecule has 22 heavy (non-hydrogen) atoms. The molecule has 1 radical (unpaired) electrons. The van der Waals surface area contributed by atoms with E-state index in [-0.39, 0.29) is 0 Å². The molecule has 107 valence electrons. The SMILES string of the molecule is Cc1ccn[c]c1-c1nc(-c2c(C)nc3ccccn23)cs1. The molecule has 0 aliphatic carbocycles. The number of hydrogen-bond acceptors (Lipinski definition) is 4. The van der Waals surface area contributed by atoms with Gasteiger partial charge in [0.25, 0.3) is 0 Å². The van der Waals surface area contributed by atoms with Gasteiger partial charge in [0, 0.05) is 23.3 Å². The zero-order valence-corrected chi connectivity index (χ0v) is 13.1. The topological polar surface area (TPSA) is 43.1 Å². The second kappa shape index (κ2) is 5.03. The van der Waals surface area contributed by atoms with E-state index in [2.05, 4.69) is 25.9 Å². The Hall–Kier alpha value is -2.53. The summed E-state index contributed by atoms with van der Waals surface area (Å²) in [6, 6.07) is 7.98.